The molecule has 0 fully saturated rings. The topological polar surface area (TPSA) is 43.6 Å². The third kappa shape index (κ3) is 2.24. The molecule has 4 rings (SSSR count). The van der Waals surface area contributed by atoms with Gasteiger partial charge in [0.05, 0.1) is 12.3 Å². The molecule has 24 heavy (non-hydrogen) atoms. The van der Waals surface area contributed by atoms with Crippen molar-refractivity contribution in [1.29, 1.82) is 0 Å². The van der Waals surface area contributed by atoms with Crippen LogP contribution in [0, 0.1) is 0 Å². The summed E-state index contributed by atoms with van der Waals surface area (Å²) in [6.45, 7) is 2.12. The number of ether oxygens (including phenoxy) is 1. The molecule has 0 bridgehead atoms. The molecule has 0 saturated heterocycles. The molecule has 4 nitrogen and oxygen atoms in total. The maximum atomic E-state index is 12.4. The molecule has 0 radical (unpaired) electrons. The zero-order chi connectivity index (χ0) is 16.5. The summed E-state index contributed by atoms with van der Waals surface area (Å²) in [6, 6.07) is 19.8. The number of imidazole rings is 1. The summed E-state index contributed by atoms with van der Waals surface area (Å²) in [7, 11) is 0. The third-order valence-electron chi connectivity index (χ3n) is 4.03. The van der Waals surface area contributed by atoms with Crippen LogP contribution in [0.2, 0.25) is 0 Å². The minimum atomic E-state index is -0.399. The lowest BCUT2D eigenvalue weighted by molar-refractivity contribution is 0.0521. The number of fused-ring (bicyclic) bond motifs is 3. The molecular formula is C20H16N2O2. The molecule has 0 aliphatic heterocycles. The van der Waals surface area contributed by atoms with E-state index in [4.69, 9.17) is 4.74 Å². The second-order valence-electron chi connectivity index (χ2n) is 5.49. The van der Waals surface area contributed by atoms with Gasteiger partial charge >= 0.3 is 5.97 Å². The predicted octanol–water partition coefficient (Wildman–Crippen LogP) is 4.33. The Morgan fingerprint density at radius 3 is 2.58 bits per heavy atom. The predicted molar refractivity (Wildman–Crippen MR) is 94.1 cm³/mol. The van der Waals surface area contributed by atoms with E-state index in [9.17, 15) is 4.79 Å². The lowest BCUT2D eigenvalue weighted by Gasteiger charge is -2.06. The molecule has 0 amide bonds. The number of pyridine rings is 1. The number of hydrogen-bond donors (Lipinski definition) is 0. The number of aromatic nitrogens is 2. The summed E-state index contributed by atoms with van der Waals surface area (Å²) >= 11 is 0. The summed E-state index contributed by atoms with van der Waals surface area (Å²) in [6.07, 6.45) is 1.95. The van der Waals surface area contributed by atoms with Gasteiger partial charge in [-0.2, -0.15) is 0 Å². The van der Waals surface area contributed by atoms with Crippen molar-refractivity contribution in [3.63, 3.8) is 0 Å². The van der Waals surface area contributed by atoms with Gasteiger partial charge in [0.2, 0.25) is 0 Å². The number of nitrogens with zero attached hydrogens (tertiary/aromatic N) is 2. The molecule has 4 aromatic rings. The number of esters is 1. The first kappa shape index (κ1) is 14.5. The highest BCUT2D eigenvalue weighted by Crippen LogP contribution is 2.29. The maximum absolute atomic E-state index is 12.4. The standard InChI is InChI=1S/C20H16N2O2/c1-2-24-20(23)17-18(15-9-4-3-5-10-15)22-13-12-14-8-6-7-11-16(14)19(22)21-17/h3-13H,2H2,1H3. The third-order valence-corrected chi connectivity index (χ3v) is 4.03. The van der Waals surface area contributed by atoms with Crippen LogP contribution in [0.15, 0.2) is 66.9 Å². The van der Waals surface area contributed by atoms with Crippen molar-refractivity contribution in [2.24, 2.45) is 0 Å². The van der Waals surface area contributed by atoms with E-state index in [1.165, 1.54) is 0 Å². The first-order valence-electron chi connectivity index (χ1n) is 7.92. The van der Waals surface area contributed by atoms with Crippen LogP contribution in [0.25, 0.3) is 27.7 Å². The van der Waals surface area contributed by atoms with Crippen molar-refractivity contribution in [2.75, 3.05) is 6.61 Å². The molecule has 0 atom stereocenters. The zero-order valence-corrected chi connectivity index (χ0v) is 13.3. The van der Waals surface area contributed by atoms with Crippen molar-refractivity contribution >= 4 is 22.4 Å². The van der Waals surface area contributed by atoms with Gasteiger partial charge in [-0.3, -0.25) is 4.40 Å². The molecule has 2 heterocycles. The summed E-state index contributed by atoms with van der Waals surface area (Å²) in [5.74, 6) is -0.399. The first-order valence-corrected chi connectivity index (χ1v) is 7.92. The number of hydrogen-bond acceptors (Lipinski definition) is 3. The fourth-order valence-electron chi connectivity index (χ4n) is 2.98. The molecular weight excluding hydrogens is 300 g/mol. The molecule has 0 N–H and O–H groups in total. The fraction of sp³-hybridized carbons (Fsp3) is 0.100. The summed E-state index contributed by atoms with van der Waals surface area (Å²) in [5, 5.41) is 2.10. The van der Waals surface area contributed by atoms with E-state index in [1.807, 2.05) is 71.3 Å². The SMILES string of the molecule is CCOC(=O)c1nc2c3ccccc3ccn2c1-c1ccccc1. The summed E-state index contributed by atoms with van der Waals surface area (Å²) < 4.78 is 7.18. The molecule has 0 unspecified atom stereocenters. The Morgan fingerprint density at radius 1 is 1.04 bits per heavy atom. The van der Waals surface area contributed by atoms with E-state index in [1.54, 1.807) is 6.92 Å². The van der Waals surface area contributed by atoms with E-state index in [0.717, 1.165) is 27.7 Å². The highest BCUT2D eigenvalue weighted by Gasteiger charge is 2.22. The van der Waals surface area contributed by atoms with Crippen LogP contribution in [0.5, 0.6) is 0 Å². The second-order valence-corrected chi connectivity index (χ2v) is 5.49. The van der Waals surface area contributed by atoms with Gasteiger partial charge in [0, 0.05) is 17.1 Å². The van der Waals surface area contributed by atoms with Crippen LogP contribution in [-0.2, 0) is 4.74 Å². The number of carbonyl (C=O) groups excluding carboxylic acids is 1. The lowest BCUT2D eigenvalue weighted by Crippen LogP contribution is -2.07. The molecule has 0 aliphatic rings. The van der Waals surface area contributed by atoms with E-state index < -0.39 is 5.97 Å². The highest BCUT2D eigenvalue weighted by atomic mass is 16.5. The van der Waals surface area contributed by atoms with Gasteiger partial charge in [-0.25, -0.2) is 9.78 Å². The van der Waals surface area contributed by atoms with E-state index >= 15 is 0 Å². The number of benzene rings is 2. The van der Waals surface area contributed by atoms with E-state index in [2.05, 4.69) is 4.98 Å². The molecule has 118 valence electrons. The van der Waals surface area contributed by atoms with Gasteiger partial charge in [0.25, 0.3) is 0 Å². The van der Waals surface area contributed by atoms with Crippen molar-refractivity contribution in [3.05, 3.63) is 72.6 Å². The van der Waals surface area contributed by atoms with Gasteiger partial charge in [-0.05, 0) is 18.4 Å². The van der Waals surface area contributed by atoms with Crippen molar-refractivity contribution in [2.45, 2.75) is 6.92 Å². The normalized spacial score (nSPS) is 11.0. The van der Waals surface area contributed by atoms with E-state index in [0.29, 0.717) is 12.3 Å². The van der Waals surface area contributed by atoms with Crippen molar-refractivity contribution in [3.8, 4) is 11.3 Å². The Labute approximate surface area is 139 Å². The molecule has 4 heteroatoms. The highest BCUT2D eigenvalue weighted by molar-refractivity contribution is 6.01. The molecule has 0 spiro atoms. The Balaban J connectivity index is 2.08. The fourth-order valence-corrected chi connectivity index (χ4v) is 2.98. The minimum Gasteiger partial charge on any atom is -0.461 e. The van der Waals surface area contributed by atoms with Crippen molar-refractivity contribution in [1.82, 2.24) is 9.38 Å². The lowest BCUT2D eigenvalue weighted by atomic mass is 10.1. The maximum Gasteiger partial charge on any atom is 0.359 e. The largest absolute Gasteiger partial charge is 0.461 e. The van der Waals surface area contributed by atoms with Crippen LogP contribution in [0.4, 0.5) is 0 Å². The van der Waals surface area contributed by atoms with E-state index in [-0.39, 0.29) is 0 Å². The van der Waals surface area contributed by atoms with Crippen LogP contribution < -0.4 is 0 Å². The monoisotopic (exact) mass is 316 g/mol. The minimum absolute atomic E-state index is 0.321. The molecule has 2 aromatic carbocycles. The Kier molecular flexibility index (Phi) is 3.50. The Hall–Kier alpha value is -3.14. The van der Waals surface area contributed by atoms with Crippen molar-refractivity contribution < 1.29 is 9.53 Å². The molecule has 0 aliphatic carbocycles. The van der Waals surface area contributed by atoms with Crippen LogP contribution in [0.1, 0.15) is 17.4 Å². The Bertz CT molecular complexity index is 1040. The molecule has 2 aromatic heterocycles. The van der Waals surface area contributed by atoms with Gasteiger partial charge in [0.1, 0.15) is 5.65 Å². The number of carbonyl (C=O) groups is 1. The summed E-state index contributed by atoms with van der Waals surface area (Å²) in [4.78, 5) is 17.1. The van der Waals surface area contributed by atoms with Crippen LogP contribution >= 0.6 is 0 Å². The molecule has 0 saturated carbocycles. The Morgan fingerprint density at radius 2 is 1.79 bits per heavy atom. The second kappa shape index (κ2) is 5.81. The average Bonchev–Trinajstić information content (AvgIpc) is 3.03. The van der Waals surface area contributed by atoms with Gasteiger partial charge in [0.15, 0.2) is 5.69 Å². The van der Waals surface area contributed by atoms with Crippen LogP contribution in [0.3, 0.4) is 0 Å². The van der Waals surface area contributed by atoms with Gasteiger partial charge in [-0.1, -0.05) is 54.6 Å². The number of rotatable bonds is 3. The van der Waals surface area contributed by atoms with Gasteiger partial charge in [-0.15, -0.1) is 0 Å². The average molecular weight is 316 g/mol. The van der Waals surface area contributed by atoms with Crippen LogP contribution in [-0.4, -0.2) is 22.0 Å². The van der Waals surface area contributed by atoms with Gasteiger partial charge < -0.3 is 4.74 Å². The smallest absolute Gasteiger partial charge is 0.359 e. The first-order chi connectivity index (χ1) is 11.8. The quantitative estimate of drug-likeness (QED) is 0.528. The zero-order valence-electron chi connectivity index (χ0n) is 13.3. The summed E-state index contributed by atoms with van der Waals surface area (Å²) in [5.41, 5.74) is 2.80.